The molecule has 1 aromatic heterocycles. The molecule has 5 nitrogen and oxygen atoms in total. The third kappa shape index (κ3) is 4.09. The molecule has 148 valence electrons. The van der Waals surface area contributed by atoms with Gasteiger partial charge < -0.3 is 9.73 Å². The Kier molecular flexibility index (Phi) is 5.30. The van der Waals surface area contributed by atoms with Crippen molar-refractivity contribution in [2.24, 2.45) is 0 Å². The second-order valence-electron chi connectivity index (χ2n) is 7.26. The van der Waals surface area contributed by atoms with E-state index in [4.69, 9.17) is 4.42 Å². The van der Waals surface area contributed by atoms with Gasteiger partial charge in [-0.25, -0.2) is 12.8 Å². The number of fused-ring (bicyclic) bond motifs is 1. The quantitative estimate of drug-likeness (QED) is 0.632. The molecule has 1 amide bonds. The molecule has 0 fully saturated rings. The summed E-state index contributed by atoms with van der Waals surface area (Å²) in [4.78, 5) is 12.4. The molecule has 0 unspecified atom stereocenters. The highest BCUT2D eigenvalue weighted by Gasteiger charge is 2.16. The Labute approximate surface area is 163 Å². The van der Waals surface area contributed by atoms with Crippen LogP contribution in [0.5, 0.6) is 0 Å². The fourth-order valence-electron chi connectivity index (χ4n) is 3.20. The van der Waals surface area contributed by atoms with Gasteiger partial charge in [-0.1, -0.05) is 13.8 Å². The Morgan fingerprint density at radius 2 is 1.93 bits per heavy atom. The van der Waals surface area contributed by atoms with Crippen LogP contribution in [0.3, 0.4) is 0 Å². The number of halogens is 1. The number of nitrogens with one attached hydrogen (secondary N) is 1. The highest BCUT2D eigenvalue weighted by atomic mass is 32.2. The van der Waals surface area contributed by atoms with Gasteiger partial charge in [-0.15, -0.1) is 0 Å². The van der Waals surface area contributed by atoms with Gasteiger partial charge in [0.25, 0.3) is 0 Å². The molecule has 1 heterocycles. The van der Waals surface area contributed by atoms with Crippen molar-refractivity contribution in [3.8, 4) is 0 Å². The minimum atomic E-state index is -3.51. The molecular weight excluding hydrogens is 381 g/mol. The van der Waals surface area contributed by atoms with E-state index in [1.807, 2.05) is 19.1 Å². The molecule has 0 aliphatic carbocycles. The summed E-state index contributed by atoms with van der Waals surface area (Å²) >= 11 is 0. The van der Waals surface area contributed by atoms with Crippen molar-refractivity contribution >= 4 is 32.4 Å². The summed E-state index contributed by atoms with van der Waals surface area (Å²) in [6.45, 7) is 6.21. The lowest BCUT2D eigenvalue weighted by atomic mass is 9.95. The summed E-state index contributed by atoms with van der Waals surface area (Å²) in [5, 5.41) is 3.30. The topological polar surface area (TPSA) is 76.4 Å². The van der Waals surface area contributed by atoms with E-state index in [9.17, 15) is 17.6 Å². The molecule has 28 heavy (non-hydrogen) atoms. The van der Waals surface area contributed by atoms with Crippen LogP contribution in [-0.2, 0) is 21.1 Å². The molecule has 0 atom stereocenters. The number of amides is 1. The van der Waals surface area contributed by atoms with Crippen molar-refractivity contribution in [3.05, 3.63) is 59.1 Å². The van der Waals surface area contributed by atoms with Crippen LogP contribution in [0.1, 0.15) is 36.5 Å². The molecule has 2 aromatic carbocycles. The summed E-state index contributed by atoms with van der Waals surface area (Å²) in [5.41, 5.74) is 3.50. The highest BCUT2D eigenvalue weighted by Crippen LogP contribution is 2.29. The van der Waals surface area contributed by atoms with Crippen LogP contribution in [-0.4, -0.2) is 20.6 Å². The van der Waals surface area contributed by atoms with Crippen molar-refractivity contribution in [1.82, 2.24) is 0 Å². The number of benzene rings is 2. The van der Waals surface area contributed by atoms with Crippen molar-refractivity contribution in [2.45, 2.75) is 38.0 Å². The lowest BCUT2D eigenvalue weighted by Crippen LogP contribution is -2.15. The molecule has 0 saturated carbocycles. The zero-order valence-corrected chi connectivity index (χ0v) is 17.0. The van der Waals surface area contributed by atoms with Crippen molar-refractivity contribution in [1.29, 1.82) is 0 Å². The van der Waals surface area contributed by atoms with Crippen LogP contribution in [0.4, 0.5) is 10.1 Å². The molecule has 3 rings (SSSR count). The molecular formula is C21H22FNO4S. The normalized spacial score (nSPS) is 11.9. The number of aryl methyl sites for hydroxylation is 1. The molecule has 0 radical (unpaired) electrons. The SMILES string of the molecule is Cc1cc2occ(CC(=O)Nc3cc(S(C)(=O)=O)ccc3F)c2cc1C(C)C. The Morgan fingerprint density at radius 3 is 2.57 bits per heavy atom. The summed E-state index contributed by atoms with van der Waals surface area (Å²) in [6.07, 6.45) is 2.53. The van der Waals surface area contributed by atoms with E-state index < -0.39 is 21.6 Å². The number of furan rings is 1. The maximum absolute atomic E-state index is 14.0. The third-order valence-corrected chi connectivity index (χ3v) is 5.77. The second kappa shape index (κ2) is 7.39. The van der Waals surface area contributed by atoms with Crippen LogP contribution >= 0.6 is 0 Å². The van der Waals surface area contributed by atoms with Gasteiger partial charge in [0.1, 0.15) is 11.4 Å². The maximum atomic E-state index is 14.0. The van der Waals surface area contributed by atoms with Gasteiger partial charge in [-0.3, -0.25) is 4.79 Å². The number of anilines is 1. The molecule has 0 saturated heterocycles. The zero-order valence-electron chi connectivity index (χ0n) is 16.2. The molecule has 1 N–H and O–H groups in total. The average molecular weight is 403 g/mol. The van der Waals surface area contributed by atoms with E-state index >= 15 is 0 Å². The summed E-state index contributed by atoms with van der Waals surface area (Å²) in [7, 11) is -3.51. The van der Waals surface area contributed by atoms with E-state index in [1.165, 1.54) is 17.9 Å². The van der Waals surface area contributed by atoms with E-state index in [1.54, 1.807) is 0 Å². The first-order chi connectivity index (χ1) is 13.1. The van der Waals surface area contributed by atoms with Crippen molar-refractivity contribution < 1.29 is 22.0 Å². The Balaban J connectivity index is 1.87. The van der Waals surface area contributed by atoms with Gasteiger partial charge in [0, 0.05) is 17.2 Å². The fraction of sp³-hybridized carbons (Fsp3) is 0.286. The number of carbonyl (C=O) groups excluding carboxylic acids is 1. The van der Waals surface area contributed by atoms with Gasteiger partial charge >= 0.3 is 0 Å². The van der Waals surface area contributed by atoms with Gasteiger partial charge in [0.05, 0.1) is 23.3 Å². The Bertz CT molecular complexity index is 1160. The smallest absolute Gasteiger partial charge is 0.229 e. The largest absolute Gasteiger partial charge is 0.464 e. The summed E-state index contributed by atoms with van der Waals surface area (Å²) in [5.74, 6) is -0.830. The third-order valence-electron chi connectivity index (χ3n) is 4.66. The first kappa shape index (κ1) is 20.1. The van der Waals surface area contributed by atoms with Crippen molar-refractivity contribution in [3.63, 3.8) is 0 Å². The van der Waals surface area contributed by atoms with E-state index in [0.29, 0.717) is 17.1 Å². The monoisotopic (exact) mass is 403 g/mol. The second-order valence-corrected chi connectivity index (χ2v) is 9.28. The summed E-state index contributed by atoms with van der Waals surface area (Å²) < 4.78 is 42.9. The van der Waals surface area contributed by atoms with Gasteiger partial charge in [0.15, 0.2) is 9.84 Å². The predicted molar refractivity (Wildman–Crippen MR) is 107 cm³/mol. The molecule has 7 heteroatoms. The van der Waals surface area contributed by atoms with Crippen LogP contribution in [0.2, 0.25) is 0 Å². The van der Waals surface area contributed by atoms with Crippen LogP contribution in [0, 0.1) is 12.7 Å². The predicted octanol–water partition coefficient (Wildman–Crippen LogP) is 4.59. The van der Waals surface area contributed by atoms with E-state index in [-0.39, 0.29) is 17.0 Å². The maximum Gasteiger partial charge on any atom is 0.229 e. The van der Waals surface area contributed by atoms with Gasteiger partial charge in [-0.05, 0) is 54.3 Å². The van der Waals surface area contributed by atoms with Crippen LogP contribution < -0.4 is 5.32 Å². The van der Waals surface area contributed by atoms with Gasteiger partial charge in [-0.2, -0.15) is 0 Å². The first-order valence-corrected chi connectivity index (χ1v) is 10.8. The Hall–Kier alpha value is -2.67. The summed E-state index contributed by atoms with van der Waals surface area (Å²) in [6, 6.07) is 7.28. The van der Waals surface area contributed by atoms with Crippen LogP contribution in [0.15, 0.2) is 45.9 Å². The van der Waals surface area contributed by atoms with E-state index in [2.05, 4.69) is 19.2 Å². The molecule has 0 aliphatic heterocycles. The minimum Gasteiger partial charge on any atom is -0.464 e. The van der Waals surface area contributed by atoms with Crippen molar-refractivity contribution in [2.75, 3.05) is 11.6 Å². The van der Waals surface area contributed by atoms with E-state index in [0.717, 1.165) is 29.3 Å². The van der Waals surface area contributed by atoms with Gasteiger partial charge in [0.2, 0.25) is 5.91 Å². The number of carbonyl (C=O) groups is 1. The lowest BCUT2D eigenvalue weighted by molar-refractivity contribution is -0.115. The number of hydrogen-bond acceptors (Lipinski definition) is 4. The standard InChI is InChI=1S/C21H22FNO4S/c1-12(2)16-10-17-14(11-27-20(17)7-13(16)3)8-21(24)23-19-9-15(28(4,25)26)5-6-18(19)22/h5-7,9-12H,8H2,1-4H3,(H,23,24). The number of sulfone groups is 1. The molecule has 0 bridgehead atoms. The fourth-order valence-corrected chi connectivity index (χ4v) is 3.85. The average Bonchev–Trinajstić information content (AvgIpc) is 2.96. The van der Waals surface area contributed by atoms with Crippen LogP contribution in [0.25, 0.3) is 11.0 Å². The zero-order chi connectivity index (χ0) is 20.6. The Morgan fingerprint density at radius 1 is 1.21 bits per heavy atom. The highest BCUT2D eigenvalue weighted by molar-refractivity contribution is 7.90. The molecule has 3 aromatic rings. The molecule has 0 spiro atoms. The minimum absolute atomic E-state index is 0.0177. The number of hydrogen-bond donors (Lipinski definition) is 1. The molecule has 0 aliphatic rings. The first-order valence-electron chi connectivity index (χ1n) is 8.86. The lowest BCUT2D eigenvalue weighted by Gasteiger charge is -2.10. The number of rotatable bonds is 5.